The third kappa shape index (κ3) is 20.9. The summed E-state index contributed by atoms with van der Waals surface area (Å²) >= 11 is 0. The number of hydrogen-bond acceptors (Lipinski definition) is 9. The number of carbonyl (C=O) groups is 1. The number of phenolic OH excluding ortho intramolecular Hbond substituents is 1. The normalized spacial score (nSPS) is 11.3. The van der Waals surface area contributed by atoms with E-state index in [4.69, 9.17) is 23.7 Å². The van der Waals surface area contributed by atoms with Crippen LogP contribution in [0.2, 0.25) is 0 Å². The number of aromatic hydroxyl groups is 1. The lowest BCUT2D eigenvalue weighted by atomic mass is 10.2. The van der Waals surface area contributed by atoms with Crippen LogP contribution in [0.3, 0.4) is 0 Å². The molecule has 0 spiro atoms. The van der Waals surface area contributed by atoms with Crippen LogP contribution in [0.25, 0.3) is 0 Å². The molecule has 46 heavy (non-hydrogen) atoms. The van der Waals surface area contributed by atoms with Gasteiger partial charge in [0.2, 0.25) is 5.96 Å². The molecule has 2 aromatic rings. The Morgan fingerprint density at radius 1 is 0.783 bits per heavy atom. The minimum absolute atomic E-state index is 0.125. The Morgan fingerprint density at radius 3 is 1.98 bits per heavy atom. The van der Waals surface area contributed by atoms with E-state index in [0.717, 1.165) is 5.69 Å². The van der Waals surface area contributed by atoms with Crippen LogP contribution in [-0.2, 0) is 23.7 Å². The number of hydrogen-bond donors (Lipinski definition) is 5. The Morgan fingerprint density at radius 2 is 1.35 bits per heavy atom. The number of amidine groups is 1. The maximum absolute atomic E-state index is 12.0. The third-order valence-electron chi connectivity index (χ3n) is 5.58. The van der Waals surface area contributed by atoms with Crippen LogP contribution in [0, 0.1) is 0 Å². The van der Waals surface area contributed by atoms with Gasteiger partial charge in [0.05, 0.1) is 71.8 Å². The molecule has 2 rings (SSSR count). The van der Waals surface area contributed by atoms with E-state index >= 15 is 0 Å². The van der Waals surface area contributed by atoms with Crippen LogP contribution in [0.1, 0.15) is 31.1 Å². The van der Waals surface area contributed by atoms with Gasteiger partial charge in [-0.3, -0.25) is 9.79 Å². The van der Waals surface area contributed by atoms with Gasteiger partial charge in [-0.2, -0.15) is 0 Å². The van der Waals surface area contributed by atoms with Gasteiger partial charge in [-0.15, -0.1) is 0 Å². The highest BCUT2D eigenvalue weighted by Gasteiger charge is 2.05. The molecule has 0 unspecified atom stereocenters. The number of methoxy groups -OCH3 is 1. The summed E-state index contributed by atoms with van der Waals surface area (Å²) < 4.78 is 26.9. The minimum Gasteiger partial charge on any atom is -0.508 e. The van der Waals surface area contributed by atoms with E-state index in [1.165, 1.54) is 0 Å². The van der Waals surface area contributed by atoms with Crippen molar-refractivity contribution in [3.8, 4) is 5.75 Å². The van der Waals surface area contributed by atoms with E-state index in [1.807, 2.05) is 32.0 Å². The Hall–Kier alpha value is -4.01. The van der Waals surface area contributed by atoms with Gasteiger partial charge in [0.1, 0.15) is 11.6 Å². The van der Waals surface area contributed by atoms with Crippen molar-refractivity contribution in [2.45, 2.75) is 20.8 Å². The first kappa shape index (κ1) is 40.0. The lowest BCUT2D eigenvalue weighted by Crippen LogP contribution is -2.37. The predicted octanol–water partition coefficient (Wildman–Crippen LogP) is 3.40. The molecule has 0 aliphatic carbocycles. The molecule has 5 N–H and O–H groups in total. The highest BCUT2D eigenvalue weighted by molar-refractivity contribution is 6.02. The quantitative estimate of drug-likeness (QED) is 0.0557. The van der Waals surface area contributed by atoms with Gasteiger partial charge < -0.3 is 50.1 Å². The van der Waals surface area contributed by atoms with Crippen molar-refractivity contribution >= 4 is 23.4 Å². The molecule has 0 aromatic heterocycles. The number of nitrogens with one attached hydrogen (secondary N) is 4. The van der Waals surface area contributed by atoms with Gasteiger partial charge in [0.25, 0.3) is 5.91 Å². The summed E-state index contributed by atoms with van der Waals surface area (Å²) in [5.41, 5.74) is 1.34. The molecule has 0 radical (unpaired) electrons. The molecule has 0 bridgehead atoms. The van der Waals surface area contributed by atoms with Crippen molar-refractivity contribution in [2.75, 3.05) is 91.5 Å². The number of nitrogens with zero attached hydrogens (tertiary/aromatic N) is 2. The SMILES string of the molecule is C=C(NCCOCCOCCOC)NC(=NC(C)=NCCOCCOCCNC(=O)c1ccccc1)Nc1ccc(O)cc1.CC. The van der Waals surface area contributed by atoms with Gasteiger partial charge >= 0.3 is 0 Å². The minimum atomic E-state index is -0.125. The Bertz CT molecular complexity index is 1130. The second-order valence-electron chi connectivity index (χ2n) is 9.16. The van der Waals surface area contributed by atoms with Crippen LogP contribution in [-0.4, -0.2) is 109 Å². The highest BCUT2D eigenvalue weighted by Crippen LogP contribution is 2.13. The number of benzene rings is 2. The summed E-state index contributed by atoms with van der Waals surface area (Å²) in [6, 6.07) is 15.6. The number of aliphatic imine (C=N–C) groups is 2. The molecule has 13 heteroatoms. The fraction of sp³-hybridized carbons (Fsp3) is 0.485. The topological polar surface area (TPSA) is 156 Å². The molecule has 1 amide bonds. The predicted molar refractivity (Wildman–Crippen MR) is 183 cm³/mol. The molecule has 13 nitrogen and oxygen atoms in total. The lowest BCUT2D eigenvalue weighted by Gasteiger charge is -2.16. The summed E-state index contributed by atoms with van der Waals surface area (Å²) in [7, 11) is 1.63. The van der Waals surface area contributed by atoms with E-state index in [2.05, 4.69) is 37.8 Å². The van der Waals surface area contributed by atoms with Crippen molar-refractivity contribution in [3.63, 3.8) is 0 Å². The zero-order valence-electron chi connectivity index (χ0n) is 27.7. The first-order valence-corrected chi connectivity index (χ1v) is 15.5. The van der Waals surface area contributed by atoms with Gasteiger partial charge in [-0.05, 0) is 43.3 Å². The van der Waals surface area contributed by atoms with Crippen LogP contribution in [0.4, 0.5) is 5.69 Å². The molecule has 0 heterocycles. The fourth-order valence-electron chi connectivity index (χ4n) is 3.41. The maximum atomic E-state index is 12.0. The first-order valence-electron chi connectivity index (χ1n) is 15.5. The van der Waals surface area contributed by atoms with Crippen molar-refractivity contribution in [1.29, 1.82) is 0 Å². The summed E-state index contributed by atoms with van der Waals surface area (Å²) in [5, 5.41) is 21.8. The number of carbonyl (C=O) groups excluding carboxylic acids is 1. The maximum Gasteiger partial charge on any atom is 0.251 e. The van der Waals surface area contributed by atoms with Gasteiger partial charge in [-0.1, -0.05) is 38.6 Å². The molecule has 0 atom stereocenters. The van der Waals surface area contributed by atoms with Gasteiger partial charge in [0, 0.05) is 31.5 Å². The average molecular weight is 645 g/mol. The van der Waals surface area contributed by atoms with Crippen molar-refractivity contribution < 1.29 is 33.6 Å². The Kier molecular flexibility index (Phi) is 23.8. The van der Waals surface area contributed by atoms with E-state index in [9.17, 15) is 9.90 Å². The average Bonchev–Trinajstić information content (AvgIpc) is 3.07. The van der Waals surface area contributed by atoms with Gasteiger partial charge in [0.15, 0.2) is 0 Å². The van der Waals surface area contributed by atoms with Crippen LogP contribution >= 0.6 is 0 Å². The third-order valence-corrected chi connectivity index (χ3v) is 5.58. The highest BCUT2D eigenvalue weighted by atomic mass is 16.5. The van der Waals surface area contributed by atoms with Crippen LogP contribution in [0.5, 0.6) is 5.75 Å². The molecule has 2 aromatic carbocycles. The van der Waals surface area contributed by atoms with E-state index < -0.39 is 0 Å². The molecular weight excluding hydrogens is 592 g/mol. The zero-order chi connectivity index (χ0) is 33.7. The van der Waals surface area contributed by atoms with Crippen molar-refractivity contribution in [1.82, 2.24) is 16.0 Å². The fourth-order valence-corrected chi connectivity index (χ4v) is 3.41. The Balaban J connectivity index is 0.00000518. The zero-order valence-corrected chi connectivity index (χ0v) is 27.7. The summed E-state index contributed by atoms with van der Waals surface area (Å²) in [6.07, 6.45) is 0. The Labute approximate surface area is 273 Å². The number of guanidine groups is 1. The smallest absolute Gasteiger partial charge is 0.251 e. The molecule has 0 saturated heterocycles. The lowest BCUT2D eigenvalue weighted by molar-refractivity contribution is 0.0258. The molecule has 0 fully saturated rings. The molecule has 0 aliphatic rings. The standard InChI is InChI=1S/C31H46N6O7.C2H6/c1-25(32-13-16-41-21-22-43-18-15-34-30(39)27-7-5-4-6-8-27)35-31(37-28-9-11-29(38)12-10-28)36-26(2)33-14-17-42-23-24-44-20-19-40-3;1-2/h4-12,33,38H,2,13-24H2,1,3H3,(H,34,39)(H2,32,35,36,37);1-2H3. The van der Waals surface area contributed by atoms with Crippen LogP contribution < -0.4 is 21.3 Å². The number of rotatable bonds is 22. The summed E-state index contributed by atoms with van der Waals surface area (Å²) in [4.78, 5) is 21.0. The monoisotopic (exact) mass is 644 g/mol. The molecule has 256 valence electrons. The first-order chi connectivity index (χ1) is 22.5. The summed E-state index contributed by atoms with van der Waals surface area (Å²) in [6.45, 7) is 15.3. The second-order valence-corrected chi connectivity index (χ2v) is 9.16. The van der Waals surface area contributed by atoms with E-state index in [-0.39, 0.29) is 11.7 Å². The number of phenols is 1. The van der Waals surface area contributed by atoms with Gasteiger partial charge in [-0.25, -0.2) is 4.99 Å². The van der Waals surface area contributed by atoms with E-state index in [0.29, 0.717) is 102 Å². The van der Waals surface area contributed by atoms with Crippen molar-refractivity contribution in [3.05, 3.63) is 72.6 Å². The van der Waals surface area contributed by atoms with Crippen molar-refractivity contribution in [2.24, 2.45) is 9.98 Å². The molecular formula is C33H52N6O7. The van der Waals surface area contributed by atoms with Crippen LogP contribution in [0.15, 0.2) is 77.0 Å². The molecule has 0 saturated carbocycles. The second kappa shape index (κ2) is 27.3. The number of ether oxygens (including phenoxy) is 5. The number of amides is 1. The summed E-state index contributed by atoms with van der Waals surface area (Å²) in [5.74, 6) is 1.48. The molecule has 0 aliphatic heterocycles. The van der Waals surface area contributed by atoms with E-state index in [1.54, 1.807) is 50.4 Å². The largest absolute Gasteiger partial charge is 0.508 e. The number of anilines is 1.